The van der Waals surface area contributed by atoms with E-state index in [4.69, 9.17) is 28.4 Å². The summed E-state index contributed by atoms with van der Waals surface area (Å²) in [6.45, 7) is 1.72. The molecule has 0 aromatic heterocycles. The molecule has 0 bridgehead atoms. The van der Waals surface area contributed by atoms with Crippen LogP contribution in [0.4, 0.5) is 0 Å². The SMILES string of the molecule is CCCCCCC/C=C\C/C=C\CCCCCCCCCCCCCCCCCCCC(=O)NC(COC1OC(CO)C(OC2OC(CO)C(OC3OC(CO)C(O)C(O)C3O)C(O)C2O)C(O)C1O)C(O)CCCCCCCCC. The Morgan fingerprint density at radius 2 is 0.815 bits per heavy atom. The second kappa shape index (κ2) is 45.6. The first-order valence-corrected chi connectivity index (χ1v) is 32.1. The molecule has 3 aliphatic heterocycles. The molecule has 12 N–H and O–H groups in total. The van der Waals surface area contributed by atoms with Crippen molar-refractivity contribution in [2.75, 3.05) is 26.4 Å². The maximum absolute atomic E-state index is 13.3. The van der Waals surface area contributed by atoms with Crippen LogP contribution in [0.3, 0.4) is 0 Å². The van der Waals surface area contributed by atoms with Gasteiger partial charge in [-0.05, 0) is 44.9 Å². The van der Waals surface area contributed by atoms with Crippen LogP contribution >= 0.6 is 0 Å². The number of rotatable bonds is 48. The van der Waals surface area contributed by atoms with Crippen molar-refractivity contribution in [1.29, 1.82) is 0 Å². The summed E-state index contributed by atoms with van der Waals surface area (Å²) in [4.78, 5) is 13.3. The van der Waals surface area contributed by atoms with Crippen LogP contribution in [0, 0.1) is 0 Å². The van der Waals surface area contributed by atoms with Gasteiger partial charge in [-0.1, -0.05) is 205 Å². The number of aliphatic hydroxyl groups is 11. The third-order valence-electron chi connectivity index (χ3n) is 16.3. The molecule has 3 saturated heterocycles. The summed E-state index contributed by atoms with van der Waals surface area (Å²) in [6.07, 6.45) is 21.8. The quantitative estimate of drug-likeness (QED) is 0.0222. The van der Waals surface area contributed by atoms with Crippen molar-refractivity contribution in [3.05, 3.63) is 24.3 Å². The minimum atomic E-state index is -1.97. The lowest BCUT2D eigenvalue weighted by Gasteiger charge is -2.48. The highest BCUT2D eigenvalue weighted by Gasteiger charge is 2.53. The normalized spacial score (nSPS) is 29.9. The second-order valence-electron chi connectivity index (χ2n) is 23.2. The van der Waals surface area contributed by atoms with Crippen molar-refractivity contribution >= 4 is 5.91 Å². The number of carbonyl (C=O) groups excluding carboxylic acids is 1. The maximum atomic E-state index is 13.3. The Balaban J connectivity index is 1.34. The molecule has 0 radical (unpaired) electrons. The number of allylic oxidation sites excluding steroid dienone is 4. The minimum Gasteiger partial charge on any atom is -0.394 e. The summed E-state index contributed by atoms with van der Waals surface area (Å²) in [5, 5.41) is 120. The van der Waals surface area contributed by atoms with Crippen molar-refractivity contribution in [2.24, 2.45) is 0 Å². The molecular weight excluding hydrogens is 1050 g/mol. The Bertz CT molecular complexity index is 1580. The third kappa shape index (κ3) is 29.0. The van der Waals surface area contributed by atoms with E-state index in [2.05, 4.69) is 43.5 Å². The summed E-state index contributed by atoms with van der Waals surface area (Å²) >= 11 is 0. The van der Waals surface area contributed by atoms with Crippen LogP contribution in [0.2, 0.25) is 0 Å². The fraction of sp³-hybridized carbons (Fsp3) is 0.919. The lowest BCUT2D eigenvalue weighted by Crippen LogP contribution is -2.66. The van der Waals surface area contributed by atoms with Crippen molar-refractivity contribution in [3.8, 4) is 0 Å². The molecule has 0 saturated carbocycles. The molecule has 19 heteroatoms. The summed E-state index contributed by atoms with van der Waals surface area (Å²) in [6, 6.07) is -0.881. The first-order chi connectivity index (χ1) is 39.3. The van der Waals surface area contributed by atoms with Gasteiger partial charge in [-0.3, -0.25) is 4.79 Å². The van der Waals surface area contributed by atoms with Crippen LogP contribution in [-0.4, -0.2) is 193 Å². The molecular formula is C62H115NO18. The largest absolute Gasteiger partial charge is 0.394 e. The minimum absolute atomic E-state index is 0.245. The first kappa shape index (κ1) is 73.5. The van der Waals surface area contributed by atoms with Gasteiger partial charge in [0.25, 0.3) is 0 Å². The van der Waals surface area contributed by atoms with Crippen LogP contribution in [0.1, 0.15) is 232 Å². The highest BCUT2D eigenvalue weighted by molar-refractivity contribution is 5.76. The molecule has 0 spiro atoms. The summed E-state index contributed by atoms with van der Waals surface area (Å²) in [5.41, 5.74) is 0. The van der Waals surface area contributed by atoms with Crippen LogP contribution < -0.4 is 5.32 Å². The Morgan fingerprint density at radius 1 is 0.444 bits per heavy atom. The summed E-state index contributed by atoms with van der Waals surface area (Å²) in [5.74, 6) is -0.245. The number of carbonyl (C=O) groups is 1. The van der Waals surface area contributed by atoms with Crippen molar-refractivity contribution in [2.45, 2.75) is 336 Å². The lowest BCUT2D eigenvalue weighted by molar-refractivity contribution is -0.379. The molecule has 1 amide bonds. The van der Waals surface area contributed by atoms with Crippen LogP contribution in [-0.2, 0) is 33.2 Å². The topological polar surface area (TPSA) is 307 Å². The zero-order valence-electron chi connectivity index (χ0n) is 49.8. The van der Waals surface area contributed by atoms with Crippen molar-refractivity contribution < 1.29 is 89.4 Å². The van der Waals surface area contributed by atoms with Gasteiger partial charge < -0.3 is 89.9 Å². The third-order valence-corrected chi connectivity index (χ3v) is 16.3. The van der Waals surface area contributed by atoms with Gasteiger partial charge in [0.15, 0.2) is 18.9 Å². The number of hydrogen-bond acceptors (Lipinski definition) is 18. The Hall–Kier alpha value is -1.73. The van der Waals surface area contributed by atoms with Gasteiger partial charge in [0.2, 0.25) is 5.91 Å². The van der Waals surface area contributed by atoms with Crippen LogP contribution in [0.25, 0.3) is 0 Å². The molecule has 3 rings (SSSR count). The van der Waals surface area contributed by atoms with Crippen LogP contribution in [0.15, 0.2) is 24.3 Å². The molecule has 0 aromatic rings. The van der Waals surface area contributed by atoms with Gasteiger partial charge in [0.05, 0.1) is 38.6 Å². The molecule has 476 valence electrons. The van der Waals surface area contributed by atoms with Crippen molar-refractivity contribution in [3.63, 3.8) is 0 Å². The van der Waals surface area contributed by atoms with Crippen molar-refractivity contribution in [1.82, 2.24) is 5.32 Å². The highest BCUT2D eigenvalue weighted by atomic mass is 16.8. The van der Waals surface area contributed by atoms with Crippen LogP contribution in [0.5, 0.6) is 0 Å². The number of hydrogen-bond donors (Lipinski definition) is 12. The van der Waals surface area contributed by atoms with E-state index in [0.29, 0.717) is 12.8 Å². The maximum Gasteiger partial charge on any atom is 0.220 e. The highest BCUT2D eigenvalue weighted by Crippen LogP contribution is 2.33. The van der Waals surface area contributed by atoms with Gasteiger partial charge in [-0.15, -0.1) is 0 Å². The first-order valence-electron chi connectivity index (χ1n) is 32.1. The van der Waals surface area contributed by atoms with Gasteiger partial charge in [0, 0.05) is 6.42 Å². The monoisotopic (exact) mass is 1160 g/mol. The molecule has 17 unspecified atom stereocenters. The lowest BCUT2D eigenvalue weighted by atomic mass is 9.96. The molecule has 0 aliphatic carbocycles. The molecule has 17 atom stereocenters. The Labute approximate surface area is 486 Å². The second-order valence-corrected chi connectivity index (χ2v) is 23.2. The van der Waals surface area contributed by atoms with E-state index in [1.54, 1.807) is 0 Å². The predicted octanol–water partition coefficient (Wildman–Crippen LogP) is 6.71. The van der Waals surface area contributed by atoms with Gasteiger partial charge in [-0.2, -0.15) is 0 Å². The van der Waals surface area contributed by atoms with Gasteiger partial charge in [0.1, 0.15) is 73.2 Å². The molecule has 3 aliphatic rings. The molecule has 81 heavy (non-hydrogen) atoms. The molecule has 3 heterocycles. The zero-order chi connectivity index (χ0) is 59.0. The van der Waals surface area contributed by atoms with Gasteiger partial charge >= 0.3 is 0 Å². The van der Waals surface area contributed by atoms with E-state index in [-0.39, 0.29) is 18.9 Å². The van der Waals surface area contributed by atoms with Gasteiger partial charge in [-0.25, -0.2) is 0 Å². The predicted molar refractivity (Wildman–Crippen MR) is 310 cm³/mol. The fourth-order valence-corrected chi connectivity index (χ4v) is 11.0. The van der Waals surface area contributed by atoms with E-state index in [1.807, 2.05) is 0 Å². The van der Waals surface area contributed by atoms with E-state index in [0.717, 1.165) is 64.2 Å². The molecule has 0 aromatic carbocycles. The Kier molecular flexibility index (Phi) is 41.4. The number of aliphatic hydroxyl groups excluding tert-OH is 11. The molecule has 19 nitrogen and oxygen atoms in total. The number of nitrogens with one attached hydrogen (secondary N) is 1. The average molecular weight is 1160 g/mol. The smallest absolute Gasteiger partial charge is 0.220 e. The average Bonchev–Trinajstić information content (AvgIpc) is 3.48. The van der Waals surface area contributed by atoms with E-state index in [1.165, 1.54) is 135 Å². The number of ether oxygens (including phenoxy) is 6. The Morgan fingerprint density at radius 3 is 1.26 bits per heavy atom. The zero-order valence-corrected chi connectivity index (χ0v) is 49.8. The summed E-state index contributed by atoms with van der Waals surface area (Å²) in [7, 11) is 0. The fourth-order valence-electron chi connectivity index (χ4n) is 11.0. The molecule has 3 fully saturated rings. The van der Waals surface area contributed by atoms with E-state index in [9.17, 15) is 61.0 Å². The number of amides is 1. The summed E-state index contributed by atoms with van der Waals surface area (Å²) < 4.78 is 34.2. The van der Waals surface area contributed by atoms with E-state index >= 15 is 0 Å². The van der Waals surface area contributed by atoms with E-state index < -0.39 is 124 Å². The number of unbranched alkanes of at least 4 members (excludes halogenated alkanes) is 28. The standard InChI is InChI=1S/C62H115NO18/c1-3-5-7-9-11-12-13-14-15-16-17-18-19-20-21-22-23-24-25-26-27-28-29-30-31-32-34-36-38-40-50(68)63-45(46(67)39-37-35-33-10-8-6-4-2)44-76-60-56(74)53(71)58(48(42-65)78-60)81-62-57(75)54(72)59(49(43-66)79-62)80-61-55(73)52(70)51(69)47(41-64)77-61/h13-14,16-17,45-49,51-62,64-67,69-75H,3-12,15,18-44H2,1-2H3,(H,63,68)/b14-13-,17-16-.